The highest BCUT2D eigenvalue weighted by Gasteiger charge is 2.21. The number of nitrogens with one attached hydrogen (secondary N) is 1. The summed E-state index contributed by atoms with van der Waals surface area (Å²) in [5, 5.41) is 20.2. The summed E-state index contributed by atoms with van der Waals surface area (Å²) in [6.07, 6.45) is -0.471. The zero-order valence-corrected chi connectivity index (χ0v) is 10.7. The summed E-state index contributed by atoms with van der Waals surface area (Å²) in [6, 6.07) is 4.22. The highest BCUT2D eigenvalue weighted by molar-refractivity contribution is 9.10. The van der Waals surface area contributed by atoms with E-state index in [0.29, 0.717) is 5.69 Å². The van der Waals surface area contributed by atoms with Crippen LogP contribution in [0.25, 0.3) is 0 Å². The van der Waals surface area contributed by atoms with Crippen LogP contribution in [0.4, 0.5) is 5.69 Å². The molecule has 0 aliphatic rings. The Morgan fingerprint density at radius 3 is 2.59 bits per heavy atom. The van der Waals surface area contributed by atoms with Gasteiger partial charge in [-0.05, 0) is 24.6 Å². The van der Waals surface area contributed by atoms with Crippen molar-refractivity contribution in [1.82, 2.24) is 0 Å². The standard InChI is InChI=1S/C11H12BrNO4/c1-6-2-3-7(12)4-8(6)13-9(11(16)17)5-10(14)15/h2-4,9,13H,5H2,1H3,(H,14,15)(H,16,17). The topological polar surface area (TPSA) is 86.6 Å². The number of benzene rings is 1. The number of carboxylic acid groups (broad SMARTS) is 2. The number of aliphatic carboxylic acids is 2. The molecule has 0 radical (unpaired) electrons. The van der Waals surface area contributed by atoms with Gasteiger partial charge in [0.2, 0.25) is 0 Å². The molecule has 0 amide bonds. The number of anilines is 1. The normalized spacial score (nSPS) is 11.9. The lowest BCUT2D eigenvalue weighted by Gasteiger charge is -2.15. The van der Waals surface area contributed by atoms with Crippen molar-refractivity contribution in [2.24, 2.45) is 0 Å². The van der Waals surface area contributed by atoms with E-state index in [2.05, 4.69) is 21.2 Å². The maximum Gasteiger partial charge on any atom is 0.326 e. The number of carboxylic acids is 2. The molecule has 1 atom stereocenters. The van der Waals surface area contributed by atoms with Crippen LogP contribution in [-0.4, -0.2) is 28.2 Å². The molecular weight excluding hydrogens is 290 g/mol. The monoisotopic (exact) mass is 301 g/mol. The summed E-state index contributed by atoms with van der Waals surface area (Å²) < 4.78 is 0.796. The van der Waals surface area contributed by atoms with E-state index in [1.54, 1.807) is 6.07 Å². The van der Waals surface area contributed by atoms with Gasteiger partial charge in [-0.25, -0.2) is 4.79 Å². The molecule has 0 saturated heterocycles. The molecule has 0 spiro atoms. The molecule has 0 aliphatic carbocycles. The Morgan fingerprint density at radius 1 is 1.41 bits per heavy atom. The van der Waals surface area contributed by atoms with Gasteiger partial charge in [-0.3, -0.25) is 4.79 Å². The molecular formula is C11H12BrNO4. The second kappa shape index (κ2) is 5.67. The molecule has 0 heterocycles. The van der Waals surface area contributed by atoms with E-state index in [-0.39, 0.29) is 0 Å². The Morgan fingerprint density at radius 2 is 2.06 bits per heavy atom. The van der Waals surface area contributed by atoms with Gasteiger partial charge in [0, 0.05) is 10.2 Å². The second-order valence-electron chi connectivity index (χ2n) is 3.59. The molecule has 0 saturated carbocycles. The number of aryl methyl sites for hydroxylation is 1. The van der Waals surface area contributed by atoms with Crippen LogP contribution in [0, 0.1) is 6.92 Å². The minimum Gasteiger partial charge on any atom is -0.481 e. The second-order valence-corrected chi connectivity index (χ2v) is 4.51. The van der Waals surface area contributed by atoms with E-state index in [9.17, 15) is 9.59 Å². The first-order chi connectivity index (χ1) is 7.90. The molecule has 5 nitrogen and oxygen atoms in total. The summed E-state index contributed by atoms with van der Waals surface area (Å²) in [4.78, 5) is 21.4. The molecule has 1 aromatic carbocycles. The van der Waals surface area contributed by atoms with Crippen molar-refractivity contribution in [2.75, 3.05) is 5.32 Å². The minimum atomic E-state index is -1.19. The van der Waals surface area contributed by atoms with Crippen LogP contribution in [0.3, 0.4) is 0 Å². The van der Waals surface area contributed by atoms with Gasteiger partial charge in [-0.2, -0.15) is 0 Å². The van der Waals surface area contributed by atoms with Crippen molar-refractivity contribution >= 4 is 33.6 Å². The molecule has 0 bridgehead atoms. The van der Waals surface area contributed by atoms with Gasteiger partial charge in [0.25, 0.3) is 0 Å². The summed E-state index contributed by atoms with van der Waals surface area (Å²) in [7, 11) is 0. The van der Waals surface area contributed by atoms with Crippen LogP contribution >= 0.6 is 15.9 Å². The third-order valence-electron chi connectivity index (χ3n) is 2.21. The molecule has 6 heteroatoms. The number of hydrogen-bond acceptors (Lipinski definition) is 3. The fraction of sp³-hybridized carbons (Fsp3) is 0.273. The lowest BCUT2D eigenvalue weighted by Crippen LogP contribution is -2.32. The van der Waals surface area contributed by atoms with Crippen LogP contribution in [0.5, 0.6) is 0 Å². The average molecular weight is 302 g/mol. The van der Waals surface area contributed by atoms with E-state index in [4.69, 9.17) is 10.2 Å². The van der Waals surface area contributed by atoms with Crippen LogP contribution < -0.4 is 5.32 Å². The smallest absolute Gasteiger partial charge is 0.326 e. The minimum absolute atomic E-state index is 0.471. The van der Waals surface area contributed by atoms with Gasteiger partial charge in [0.1, 0.15) is 6.04 Å². The van der Waals surface area contributed by atoms with Gasteiger partial charge >= 0.3 is 11.9 Å². The van der Waals surface area contributed by atoms with Crippen molar-refractivity contribution in [1.29, 1.82) is 0 Å². The van der Waals surface area contributed by atoms with Crippen LogP contribution in [-0.2, 0) is 9.59 Å². The van der Waals surface area contributed by atoms with Gasteiger partial charge < -0.3 is 15.5 Å². The van der Waals surface area contributed by atoms with E-state index in [1.807, 2.05) is 19.1 Å². The number of halogens is 1. The largest absolute Gasteiger partial charge is 0.481 e. The quantitative estimate of drug-likeness (QED) is 0.775. The van der Waals surface area contributed by atoms with E-state index >= 15 is 0 Å². The first-order valence-corrected chi connectivity index (χ1v) is 5.66. The van der Waals surface area contributed by atoms with Crippen LogP contribution in [0.15, 0.2) is 22.7 Å². The van der Waals surface area contributed by atoms with Crippen molar-refractivity contribution < 1.29 is 19.8 Å². The van der Waals surface area contributed by atoms with Gasteiger partial charge in [-0.15, -0.1) is 0 Å². The predicted octanol–water partition coefficient (Wildman–Crippen LogP) is 2.10. The summed E-state index contributed by atoms with van der Waals surface area (Å²) in [5.74, 6) is -2.34. The number of rotatable bonds is 5. The van der Waals surface area contributed by atoms with Crippen molar-refractivity contribution in [2.45, 2.75) is 19.4 Å². The van der Waals surface area contributed by atoms with E-state index < -0.39 is 24.4 Å². The Kier molecular flexibility index (Phi) is 4.51. The average Bonchev–Trinajstić information content (AvgIpc) is 2.21. The molecule has 0 aromatic heterocycles. The molecule has 1 aromatic rings. The molecule has 3 N–H and O–H groups in total. The van der Waals surface area contributed by atoms with Crippen LogP contribution in [0.2, 0.25) is 0 Å². The van der Waals surface area contributed by atoms with Gasteiger partial charge in [-0.1, -0.05) is 22.0 Å². The highest BCUT2D eigenvalue weighted by atomic mass is 79.9. The maximum atomic E-state index is 10.9. The zero-order valence-electron chi connectivity index (χ0n) is 9.11. The summed E-state index contributed by atoms with van der Waals surface area (Å²) in [5.41, 5.74) is 1.46. The predicted molar refractivity (Wildman–Crippen MR) is 66.2 cm³/mol. The lowest BCUT2D eigenvalue weighted by atomic mass is 10.1. The first kappa shape index (κ1) is 13.5. The molecule has 92 valence electrons. The molecule has 0 aliphatic heterocycles. The Balaban J connectivity index is 2.89. The SMILES string of the molecule is Cc1ccc(Br)cc1NC(CC(=O)O)C(=O)O. The number of hydrogen-bond donors (Lipinski definition) is 3. The Hall–Kier alpha value is -1.56. The van der Waals surface area contributed by atoms with Gasteiger partial charge in [0.15, 0.2) is 0 Å². The highest BCUT2D eigenvalue weighted by Crippen LogP contribution is 2.21. The third kappa shape index (κ3) is 4.07. The van der Waals surface area contributed by atoms with Crippen molar-refractivity contribution in [3.63, 3.8) is 0 Å². The van der Waals surface area contributed by atoms with Crippen molar-refractivity contribution in [3.8, 4) is 0 Å². The fourth-order valence-electron chi connectivity index (χ4n) is 1.31. The Labute approximate surface area is 107 Å². The molecule has 0 fully saturated rings. The third-order valence-corrected chi connectivity index (χ3v) is 2.70. The first-order valence-electron chi connectivity index (χ1n) is 4.87. The summed E-state index contributed by atoms with van der Waals surface area (Å²) >= 11 is 3.27. The van der Waals surface area contributed by atoms with Crippen LogP contribution in [0.1, 0.15) is 12.0 Å². The van der Waals surface area contributed by atoms with E-state index in [1.165, 1.54) is 0 Å². The molecule has 1 unspecified atom stereocenters. The summed E-state index contributed by atoms with van der Waals surface area (Å²) in [6.45, 7) is 1.81. The molecule has 17 heavy (non-hydrogen) atoms. The number of carbonyl (C=O) groups is 2. The van der Waals surface area contributed by atoms with Crippen molar-refractivity contribution in [3.05, 3.63) is 28.2 Å². The lowest BCUT2D eigenvalue weighted by molar-refractivity contribution is -0.144. The fourth-order valence-corrected chi connectivity index (χ4v) is 1.67. The Bertz CT molecular complexity index is 447. The molecule has 1 rings (SSSR count). The zero-order chi connectivity index (χ0) is 13.0. The maximum absolute atomic E-state index is 10.9. The van der Waals surface area contributed by atoms with Gasteiger partial charge in [0.05, 0.1) is 6.42 Å². The van der Waals surface area contributed by atoms with E-state index in [0.717, 1.165) is 10.0 Å².